The Balaban J connectivity index is 1.14. The van der Waals surface area contributed by atoms with Crippen LogP contribution >= 0.6 is 0 Å². The van der Waals surface area contributed by atoms with Crippen molar-refractivity contribution in [1.29, 1.82) is 0 Å². The predicted molar refractivity (Wildman–Crippen MR) is 167 cm³/mol. The monoisotopic (exact) mass is 596 g/mol. The summed E-state index contributed by atoms with van der Waals surface area (Å²) in [6.45, 7) is 6.31. The van der Waals surface area contributed by atoms with Crippen molar-refractivity contribution in [3.8, 4) is 0 Å². The molecule has 2 amide bonds. The second kappa shape index (κ2) is 11.8. The zero-order valence-corrected chi connectivity index (χ0v) is 25.8. The average molecular weight is 597 g/mol. The van der Waals surface area contributed by atoms with Crippen LogP contribution < -0.4 is 5.32 Å². The number of amides is 2. The molecule has 3 aromatic rings. The summed E-state index contributed by atoms with van der Waals surface area (Å²) in [5.74, 6) is -0.722. The van der Waals surface area contributed by atoms with E-state index in [0.717, 1.165) is 60.9 Å². The van der Waals surface area contributed by atoms with Gasteiger partial charge in [0.05, 0.1) is 17.9 Å². The van der Waals surface area contributed by atoms with E-state index in [2.05, 4.69) is 5.32 Å². The normalized spacial score (nSPS) is 18.2. The van der Waals surface area contributed by atoms with Crippen molar-refractivity contribution < 1.29 is 23.5 Å². The highest BCUT2D eigenvalue weighted by atomic mass is 19.1. The summed E-state index contributed by atoms with van der Waals surface area (Å²) < 4.78 is 19.9. The molecule has 0 aromatic heterocycles. The van der Waals surface area contributed by atoms with Crippen molar-refractivity contribution in [3.63, 3.8) is 0 Å². The summed E-state index contributed by atoms with van der Waals surface area (Å²) in [7, 11) is 0. The third-order valence-electron chi connectivity index (χ3n) is 9.27. The number of halogens is 1. The van der Waals surface area contributed by atoms with Gasteiger partial charge in [0.1, 0.15) is 11.4 Å². The summed E-state index contributed by atoms with van der Waals surface area (Å²) >= 11 is 0. The molecule has 6 nitrogen and oxygen atoms in total. The minimum atomic E-state index is -0.521. The number of esters is 1. The van der Waals surface area contributed by atoms with Crippen LogP contribution in [0.2, 0.25) is 0 Å². The molecule has 3 aromatic carbocycles. The summed E-state index contributed by atoms with van der Waals surface area (Å²) in [6.07, 6.45) is 6.46. The zero-order valence-electron chi connectivity index (χ0n) is 25.8. The van der Waals surface area contributed by atoms with Gasteiger partial charge in [0, 0.05) is 23.4 Å². The van der Waals surface area contributed by atoms with Crippen LogP contribution in [-0.4, -0.2) is 28.3 Å². The van der Waals surface area contributed by atoms with Crippen LogP contribution in [0.5, 0.6) is 0 Å². The van der Waals surface area contributed by atoms with E-state index >= 15 is 0 Å². The third kappa shape index (κ3) is 6.42. The molecule has 0 radical (unpaired) electrons. The van der Waals surface area contributed by atoms with Crippen LogP contribution in [0, 0.1) is 17.2 Å². The maximum Gasteiger partial charge on any atom is 0.312 e. The summed E-state index contributed by atoms with van der Waals surface area (Å²) in [6, 6.07) is 20.4. The number of ether oxygens (including phenoxy) is 1. The molecular formula is C37H41FN2O4. The van der Waals surface area contributed by atoms with Gasteiger partial charge in [-0.3, -0.25) is 14.4 Å². The molecular weight excluding hydrogens is 555 g/mol. The van der Waals surface area contributed by atoms with Gasteiger partial charge in [-0.15, -0.1) is 0 Å². The van der Waals surface area contributed by atoms with Crippen LogP contribution in [-0.2, 0) is 33.8 Å². The van der Waals surface area contributed by atoms with E-state index in [1.54, 1.807) is 17.0 Å². The minimum absolute atomic E-state index is 0.0317. The van der Waals surface area contributed by atoms with Gasteiger partial charge in [-0.2, -0.15) is 0 Å². The first-order valence-electron chi connectivity index (χ1n) is 15.8. The molecule has 0 bridgehead atoms. The minimum Gasteiger partial charge on any atom is -0.460 e. The third-order valence-corrected chi connectivity index (χ3v) is 9.27. The first-order chi connectivity index (χ1) is 21.0. The van der Waals surface area contributed by atoms with Crippen molar-refractivity contribution in [2.24, 2.45) is 11.3 Å². The maximum atomic E-state index is 14.2. The number of nitrogens with one attached hydrogen (secondary N) is 1. The number of anilines is 1. The molecule has 3 aliphatic rings. The SMILES string of the molecule is CC(C)(C)OC(=O)C1(Cc2cccc(NC(=O)[C@@H](c3ccc(CN4Cc5c(F)cccc5C4=O)cc3)C3CCCC3)c2)CC1. The Morgan fingerprint density at radius 3 is 2.36 bits per heavy atom. The molecule has 0 spiro atoms. The van der Waals surface area contributed by atoms with Crippen LogP contribution in [0.15, 0.2) is 66.7 Å². The van der Waals surface area contributed by atoms with Crippen LogP contribution in [0.3, 0.4) is 0 Å². The maximum absolute atomic E-state index is 14.2. The second-order valence-corrected chi connectivity index (χ2v) is 13.8. The molecule has 1 atom stereocenters. The van der Waals surface area contributed by atoms with Gasteiger partial charge in [0.25, 0.3) is 5.91 Å². The molecule has 0 saturated heterocycles. The van der Waals surface area contributed by atoms with E-state index in [4.69, 9.17) is 4.74 Å². The van der Waals surface area contributed by atoms with E-state index in [9.17, 15) is 18.8 Å². The van der Waals surface area contributed by atoms with Crippen molar-refractivity contribution >= 4 is 23.5 Å². The fourth-order valence-corrected chi connectivity index (χ4v) is 6.82. The van der Waals surface area contributed by atoms with E-state index < -0.39 is 11.0 Å². The fourth-order valence-electron chi connectivity index (χ4n) is 6.82. The van der Waals surface area contributed by atoms with Gasteiger partial charge in [0.15, 0.2) is 0 Å². The van der Waals surface area contributed by atoms with Crippen molar-refractivity contribution in [1.82, 2.24) is 4.90 Å². The van der Waals surface area contributed by atoms with Crippen molar-refractivity contribution in [2.45, 2.75) is 90.3 Å². The average Bonchev–Trinajstić information content (AvgIpc) is 3.41. The molecule has 2 aliphatic carbocycles. The summed E-state index contributed by atoms with van der Waals surface area (Å²) in [5.41, 5.74) is 3.52. The highest BCUT2D eigenvalue weighted by Gasteiger charge is 2.52. The number of rotatable bonds is 9. The number of fused-ring (bicyclic) bond motifs is 1. The van der Waals surface area contributed by atoms with E-state index in [0.29, 0.717) is 24.1 Å². The van der Waals surface area contributed by atoms with Gasteiger partial charge < -0.3 is 15.0 Å². The Morgan fingerprint density at radius 2 is 1.70 bits per heavy atom. The Kier molecular flexibility index (Phi) is 8.08. The quantitative estimate of drug-likeness (QED) is 0.259. The summed E-state index contributed by atoms with van der Waals surface area (Å²) in [5, 5.41) is 3.18. The van der Waals surface area contributed by atoms with Gasteiger partial charge >= 0.3 is 5.97 Å². The smallest absolute Gasteiger partial charge is 0.312 e. The molecule has 1 N–H and O–H groups in total. The molecule has 7 heteroatoms. The highest BCUT2D eigenvalue weighted by Crippen LogP contribution is 2.50. The lowest BCUT2D eigenvalue weighted by Gasteiger charge is -2.25. The molecule has 6 rings (SSSR count). The first-order valence-corrected chi connectivity index (χ1v) is 15.8. The van der Waals surface area contributed by atoms with Gasteiger partial charge in [-0.1, -0.05) is 55.3 Å². The van der Waals surface area contributed by atoms with Gasteiger partial charge in [-0.05, 0) is 99.7 Å². The Bertz CT molecular complexity index is 1570. The highest BCUT2D eigenvalue weighted by molar-refractivity contribution is 5.98. The van der Waals surface area contributed by atoms with Crippen LogP contribution in [0.4, 0.5) is 10.1 Å². The number of hydrogen-bond acceptors (Lipinski definition) is 4. The fraction of sp³-hybridized carbons (Fsp3) is 0.432. The van der Waals surface area contributed by atoms with Crippen LogP contribution in [0.1, 0.15) is 97.8 Å². The standard InChI is InChI=1S/C37H41FN2O4/c1-36(2,3)44-35(43)37(18-19-37)21-25-8-6-11-28(20-25)39-33(41)32(26-9-4-5-10-26)27-16-14-24(15-17-27)22-40-23-30-29(34(40)42)12-7-13-31(30)38/h6-8,11-17,20,26,32H,4-5,9-10,18-19,21-23H2,1-3H3,(H,39,41)/t32-/m1/s1. The number of nitrogens with zero attached hydrogens (tertiary/aromatic N) is 1. The number of carbonyl (C=O) groups is 3. The predicted octanol–water partition coefficient (Wildman–Crippen LogP) is 7.56. The molecule has 0 unspecified atom stereocenters. The molecule has 1 aliphatic heterocycles. The molecule has 2 saturated carbocycles. The zero-order chi connectivity index (χ0) is 31.1. The Hall–Kier alpha value is -4.00. The van der Waals surface area contributed by atoms with Gasteiger partial charge in [0.2, 0.25) is 5.91 Å². The first kappa shape index (κ1) is 30.0. The van der Waals surface area contributed by atoms with E-state index in [-0.39, 0.29) is 42.0 Å². The lowest BCUT2D eigenvalue weighted by molar-refractivity contribution is -0.161. The largest absolute Gasteiger partial charge is 0.460 e. The molecule has 1 heterocycles. The molecule has 2 fully saturated rings. The number of hydrogen-bond donors (Lipinski definition) is 1. The lowest BCUT2D eigenvalue weighted by atomic mass is 9.83. The summed E-state index contributed by atoms with van der Waals surface area (Å²) in [4.78, 5) is 41.2. The topological polar surface area (TPSA) is 75.7 Å². The second-order valence-electron chi connectivity index (χ2n) is 13.8. The van der Waals surface area contributed by atoms with Crippen LogP contribution in [0.25, 0.3) is 0 Å². The van der Waals surface area contributed by atoms with E-state index in [1.807, 2.05) is 69.3 Å². The Morgan fingerprint density at radius 1 is 1.00 bits per heavy atom. The molecule has 44 heavy (non-hydrogen) atoms. The number of benzene rings is 3. The van der Waals surface area contributed by atoms with Crippen molar-refractivity contribution in [2.75, 3.05) is 5.32 Å². The molecule has 230 valence electrons. The van der Waals surface area contributed by atoms with E-state index in [1.165, 1.54) is 6.07 Å². The van der Waals surface area contributed by atoms with Gasteiger partial charge in [-0.25, -0.2) is 4.39 Å². The van der Waals surface area contributed by atoms with Crippen molar-refractivity contribution in [3.05, 3.63) is 100 Å². The number of carbonyl (C=O) groups excluding carboxylic acids is 3. The lowest BCUT2D eigenvalue weighted by Crippen LogP contribution is -2.30. The Labute approximate surface area is 259 Å².